The van der Waals surface area contributed by atoms with Crippen LogP contribution in [0.2, 0.25) is 10.0 Å². The lowest BCUT2D eigenvalue weighted by Crippen LogP contribution is -2.34. The van der Waals surface area contributed by atoms with E-state index in [4.69, 9.17) is 39.8 Å². The molecule has 2 aromatic heterocycles. The minimum absolute atomic E-state index is 0.0828. The van der Waals surface area contributed by atoms with E-state index in [1.54, 1.807) is 35.1 Å². The number of carbonyl (C=O) groups is 1. The molecule has 186 valence electrons. The van der Waals surface area contributed by atoms with E-state index in [1.165, 1.54) is 5.56 Å². The highest BCUT2D eigenvalue weighted by molar-refractivity contribution is 7.80. The second-order valence-corrected chi connectivity index (χ2v) is 9.61. The van der Waals surface area contributed by atoms with Crippen molar-refractivity contribution in [2.75, 3.05) is 5.32 Å². The minimum atomic E-state index is -0.498. The van der Waals surface area contributed by atoms with Crippen LogP contribution in [0.3, 0.4) is 0 Å². The van der Waals surface area contributed by atoms with E-state index in [-0.39, 0.29) is 10.9 Å². The van der Waals surface area contributed by atoms with Gasteiger partial charge in [-0.25, -0.2) is 0 Å². The summed E-state index contributed by atoms with van der Waals surface area (Å²) in [6, 6.07) is 20.1. The molecule has 10 heteroatoms. The van der Waals surface area contributed by atoms with Gasteiger partial charge in [0.1, 0.15) is 16.8 Å². The molecule has 1 amide bonds. The molecule has 0 unspecified atom stereocenters. The smallest absolute Gasteiger partial charge is 0.293 e. The Labute approximate surface area is 228 Å². The fourth-order valence-electron chi connectivity index (χ4n) is 3.79. The quantitative estimate of drug-likeness (QED) is 0.230. The van der Waals surface area contributed by atoms with Crippen LogP contribution < -0.4 is 10.6 Å². The number of carbonyl (C=O) groups excluding carboxylic acids is 1. The summed E-state index contributed by atoms with van der Waals surface area (Å²) in [5.74, 6) is 0.00625. The number of hydrogen-bond acceptors (Lipinski definition) is 5. The van der Waals surface area contributed by atoms with E-state index in [0.717, 1.165) is 23.2 Å². The largest absolute Gasteiger partial charge is 0.451 e. The third-order valence-corrected chi connectivity index (χ3v) is 6.57. The molecular formula is C27H21Cl2N5O2S. The van der Waals surface area contributed by atoms with Gasteiger partial charge < -0.3 is 9.73 Å². The third kappa shape index (κ3) is 5.36. The molecule has 37 heavy (non-hydrogen) atoms. The zero-order chi connectivity index (χ0) is 26.1. The molecule has 0 saturated carbocycles. The second-order valence-electron chi connectivity index (χ2n) is 8.36. The van der Waals surface area contributed by atoms with Gasteiger partial charge in [0.05, 0.1) is 10.7 Å². The molecule has 7 nitrogen and oxygen atoms in total. The Kier molecular flexibility index (Phi) is 6.97. The van der Waals surface area contributed by atoms with Gasteiger partial charge in [-0.1, -0.05) is 42.3 Å². The van der Waals surface area contributed by atoms with Crippen LogP contribution in [0.4, 0.5) is 5.69 Å². The van der Waals surface area contributed by atoms with Gasteiger partial charge in [-0.2, -0.15) is 4.80 Å². The van der Waals surface area contributed by atoms with E-state index in [1.807, 2.05) is 31.2 Å². The summed E-state index contributed by atoms with van der Waals surface area (Å²) in [4.78, 5) is 14.3. The van der Waals surface area contributed by atoms with Gasteiger partial charge in [-0.15, -0.1) is 10.2 Å². The molecule has 5 rings (SSSR count). The number of furan rings is 1. The normalized spacial score (nSPS) is 11.0. The molecule has 5 aromatic rings. The number of anilines is 1. The van der Waals surface area contributed by atoms with E-state index in [2.05, 4.69) is 39.9 Å². The maximum absolute atomic E-state index is 12.7. The lowest BCUT2D eigenvalue weighted by molar-refractivity contribution is 0.0951. The van der Waals surface area contributed by atoms with Crippen LogP contribution in [0.25, 0.3) is 28.0 Å². The van der Waals surface area contributed by atoms with Crippen LogP contribution in [-0.2, 0) is 6.42 Å². The van der Waals surface area contributed by atoms with Crippen molar-refractivity contribution >= 4 is 63.2 Å². The molecule has 3 aromatic carbocycles. The van der Waals surface area contributed by atoms with Gasteiger partial charge in [-0.05, 0) is 91.3 Å². The molecular weight excluding hydrogens is 529 g/mol. The number of thiocarbonyl (C=S) groups is 1. The maximum Gasteiger partial charge on any atom is 0.293 e. The van der Waals surface area contributed by atoms with Crippen LogP contribution in [0.1, 0.15) is 28.6 Å². The molecule has 0 fully saturated rings. The van der Waals surface area contributed by atoms with Crippen LogP contribution in [0.15, 0.2) is 71.1 Å². The van der Waals surface area contributed by atoms with Crippen LogP contribution >= 0.6 is 35.4 Å². The van der Waals surface area contributed by atoms with E-state index in [0.29, 0.717) is 32.6 Å². The van der Waals surface area contributed by atoms with E-state index in [9.17, 15) is 4.79 Å². The molecule has 0 bridgehead atoms. The molecule has 0 atom stereocenters. The van der Waals surface area contributed by atoms with Crippen molar-refractivity contribution in [2.45, 2.75) is 20.3 Å². The highest BCUT2D eigenvalue weighted by atomic mass is 35.5. The van der Waals surface area contributed by atoms with Crippen LogP contribution in [0, 0.1) is 6.92 Å². The van der Waals surface area contributed by atoms with Crippen LogP contribution in [-0.4, -0.2) is 26.0 Å². The lowest BCUT2D eigenvalue weighted by Gasteiger charge is -2.11. The first-order valence-corrected chi connectivity index (χ1v) is 12.6. The number of halogens is 2. The summed E-state index contributed by atoms with van der Waals surface area (Å²) in [5.41, 5.74) is 5.76. The monoisotopic (exact) mass is 549 g/mol. The standard InChI is InChI=1S/C27H21Cl2N5O2S/c1-3-16-4-7-18(8-5-16)34-32-22-12-15(2)21(14-23(22)33-34)30-27(37)31-26(35)25-11-10-24(36-25)19-13-17(28)6-9-20(19)29/h4-14H,3H2,1-2H3,(H2,30,31,35,37). The Bertz CT molecular complexity index is 1640. The number of benzene rings is 3. The first-order chi connectivity index (χ1) is 17.8. The van der Waals surface area contributed by atoms with Gasteiger partial charge in [0.15, 0.2) is 10.9 Å². The summed E-state index contributed by atoms with van der Waals surface area (Å²) in [6.07, 6.45) is 0.969. The average Bonchev–Trinajstić information content (AvgIpc) is 3.53. The number of amides is 1. The fourth-order valence-corrected chi connectivity index (χ4v) is 4.38. The number of aromatic nitrogens is 3. The van der Waals surface area contributed by atoms with Gasteiger partial charge in [0, 0.05) is 16.3 Å². The van der Waals surface area contributed by atoms with Gasteiger partial charge >= 0.3 is 0 Å². The molecule has 0 radical (unpaired) electrons. The molecule has 2 N–H and O–H groups in total. The van der Waals surface area contributed by atoms with Gasteiger partial charge in [-0.3, -0.25) is 10.1 Å². The molecule has 2 heterocycles. The highest BCUT2D eigenvalue weighted by Gasteiger charge is 2.16. The van der Waals surface area contributed by atoms with Crippen molar-refractivity contribution in [3.63, 3.8) is 0 Å². The highest BCUT2D eigenvalue weighted by Crippen LogP contribution is 2.32. The Hall–Kier alpha value is -3.72. The summed E-state index contributed by atoms with van der Waals surface area (Å²) in [7, 11) is 0. The van der Waals surface area contributed by atoms with Crippen molar-refractivity contribution in [1.82, 2.24) is 20.3 Å². The number of nitrogens with zero attached hydrogens (tertiary/aromatic N) is 3. The number of nitrogens with one attached hydrogen (secondary N) is 2. The summed E-state index contributed by atoms with van der Waals surface area (Å²) < 4.78 is 5.70. The Morgan fingerprint density at radius 3 is 2.46 bits per heavy atom. The molecule has 0 saturated heterocycles. The molecule has 0 aliphatic carbocycles. The lowest BCUT2D eigenvalue weighted by atomic mass is 10.2. The van der Waals surface area contributed by atoms with Crippen LogP contribution in [0.5, 0.6) is 0 Å². The fraction of sp³-hybridized carbons (Fsp3) is 0.111. The Balaban J connectivity index is 1.30. The van der Waals surface area contributed by atoms with Gasteiger partial charge in [0.2, 0.25) is 0 Å². The first-order valence-electron chi connectivity index (χ1n) is 11.5. The molecule has 0 aliphatic heterocycles. The van der Waals surface area contributed by atoms with Crippen molar-refractivity contribution in [3.8, 4) is 17.0 Å². The Morgan fingerprint density at radius 2 is 1.73 bits per heavy atom. The van der Waals surface area contributed by atoms with E-state index >= 15 is 0 Å². The predicted molar refractivity (Wildman–Crippen MR) is 151 cm³/mol. The van der Waals surface area contributed by atoms with Crippen molar-refractivity contribution in [3.05, 3.63) is 93.7 Å². The van der Waals surface area contributed by atoms with E-state index < -0.39 is 5.91 Å². The average molecular weight is 550 g/mol. The zero-order valence-electron chi connectivity index (χ0n) is 19.9. The number of aryl methyl sites for hydroxylation is 2. The van der Waals surface area contributed by atoms with Crippen molar-refractivity contribution in [2.24, 2.45) is 0 Å². The van der Waals surface area contributed by atoms with Crippen molar-refractivity contribution < 1.29 is 9.21 Å². The predicted octanol–water partition coefficient (Wildman–Crippen LogP) is 6.98. The number of rotatable bonds is 5. The number of fused-ring (bicyclic) bond motifs is 1. The van der Waals surface area contributed by atoms with Gasteiger partial charge in [0.25, 0.3) is 5.91 Å². The SMILES string of the molecule is CCc1ccc(-n2nc3cc(C)c(NC(=S)NC(=O)c4ccc(-c5cc(Cl)ccc5Cl)o4)cc3n2)cc1. The number of hydrogen-bond donors (Lipinski definition) is 2. The maximum atomic E-state index is 12.7. The Morgan fingerprint density at radius 1 is 1.00 bits per heavy atom. The molecule has 0 spiro atoms. The first kappa shape index (κ1) is 25.0. The zero-order valence-corrected chi connectivity index (χ0v) is 22.2. The third-order valence-electron chi connectivity index (χ3n) is 5.80. The summed E-state index contributed by atoms with van der Waals surface area (Å²) >= 11 is 17.7. The van der Waals surface area contributed by atoms with Crippen molar-refractivity contribution in [1.29, 1.82) is 0 Å². The summed E-state index contributed by atoms with van der Waals surface area (Å²) in [5, 5.41) is 16.0. The molecule has 0 aliphatic rings. The second kappa shape index (κ2) is 10.3. The topological polar surface area (TPSA) is 85.0 Å². The summed E-state index contributed by atoms with van der Waals surface area (Å²) in [6.45, 7) is 4.04. The minimum Gasteiger partial charge on any atom is -0.451 e.